The SMILES string of the molecule is Oc1ccc2c(c1O)CCC(c1ccccc1)C2c1ccc(OCCN2CCCC2)cc1. The van der Waals surface area contributed by atoms with Gasteiger partial charge in [-0.05, 0) is 79.6 Å². The lowest BCUT2D eigenvalue weighted by Crippen LogP contribution is -2.25. The molecule has 3 aromatic carbocycles. The summed E-state index contributed by atoms with van der Waals surface area (Å²) in [5, 5.41) is 20.6. The third-order valence-corrected chi connectivity index (χ3v) is 7.08. The van der Waals surface area contributed by atoms with Gasteiger partial charge in [-0.2, -0.15) is 0 Å². The average Bonchev–Trinajstić information content (AvgIpc) is 3.35. The summed E-state index contributed by atoms with van der Waals surface area (Å²) in [6.07, 6.45) is 4.27. The molecule has 1 aliphatic carbocycles. The molecule has 3 aromatic rings. The first-order valence-corrected chi connectivity index (χ1v) is 11.7. The number of hydrogen-bond acceptors (Lipinski definition) is 4. The summed E-state index contributed by atoms with van der Waals surface area (Å²) >= 11 is 0. The molecule has 2 unspecified atom stereocenters. The normalized spacial score (nSPS) is 20.8. The smallest absolute Gasteiger partial charge is 0.160 e. The second-order valence-electron chi connectivity index (χ2n) is 9.00. The molecule has 0 spiro atoms. The monoisotopic (exact) mass is 429 g/mol. The molecule has 5 rings (SSSR count). The Kier molecular flexibility index (Phi) is 6.04. The zero-order valence-corrected chi connectivity index (χ0v) is 18.4. The molecular weight excluding hydrogens is 398 g/mol. The Bertz CT molecular complexity index is 1040. The first kappa shape index (κ1) is 20.9. The summed E-state index contributed by atoms with van der Waals surface area (Å²) in [5.74, 6) is 1.32. The van der Waals surface area contributed by atoms with Gasteiger partial charge in [0.1, 0.15) is 12.4 Å². The van der Waals surface area contributed by atoms with Crippen LogP contribution in [0.1, 0.15) is 53.4 Å². The lowest BCUT2D eigenvalue weighted by molar-refractivity contribution is 0.237. The molecule has 2 N–H and O–H groups in total. The van der Waals surface area contributed by atoms with Crippen molar-refractivity contribution in [1.82, 2.24) is 4.90 Å². The average molecular weight is 430 g/mol. The maximum atomic E-state index is 10.5. The number of ether oxygens (including phenoxy) is 1. The van der Waals surface area contributed by atoms with E-state index in [4.69, 9.17) is 4.74 Å². The number of phenolic OH excluding ortho intramolecular Hbond substituents is 2. The van der Waals surface area contributed by atoms with Crippen molar-refractivity contribution in [2.45, 2.75) is 37.5 Å². The third-order valence-electron chi connectivity index (χ3n) is 7.08. The molecule has 1 aliphatic heterocycles. The molecule has 0 radical (unpaired) electrons. The molecule has 1 heterocycles. The van der Waals surface area contributed by atoms with Crippen LogP contribution in [0.2, 0.25) is 0 Å². The molecule has 0 saturated carbocycles. The van der Waals surface area contributed by atoms with E-state index in [1.807, 2.05) is 12.1 Å². The van der Waals surface area contributed by atoms with Gasteiger partial charge in [0, 0.05) is 18.0 Å². The van der Waals surface area contributed by atoms with Crippen molar-refractivity contribution in [3.63, 3.8) is 0 Å². The third kappa shape index (κ3) is 4.20. The molecule has 0 bridgehead atoms. The van der Waals surface area contributed by atoms with E-state index in [9.17, 15) is 10.2 Å². The first-order chi connectivity index (χ1) is 15.7. The molecular formula is C28H31NO3. The summed E-state index contributed by atoms with van der Waals surface area (Å²) in [6.45, 7) is 4.07. The van der Waals surface area contributed by atoms with Crippen LogP contribution in [-0.2, 0) is 6.42 Å². The Morgan fingerprint density at radius 1 is 0.844 bits per heavy atom. The molecule has 4 heteroatoms. The molecule has 4 nitrogen and oxygen atoms in total. The quantitative estimate of drug-likeness (QED) is 0.513. The minimum atomic E-state index is -0.0394. The minimum absolute atomic E-state index is 0.0286. The van der Waals surface area contributed by atoms with Crippen molar-refractivity contribution in [2.75, 3.05) is 26.2 Å². The van der Waals surface area contributed by atoms with Crippen molar-refractivity contribution in [1.29, 1.82) is 0 Å². The maximum Gasteiger partial charge on any atom is 0.160 e. The van der Waals surface area contributed by atoms with Crippen LogP contribution < -0.4 is 4.74 Å². The van der Waals surface area contributed by atoms with E-state index in [0.29, 0.717) is 12.5 Å². The van der Waals surface area contributed by atoms with E-state index < -0.39 is 0 Å². The molecule has 2 atom stereocenters. The molecule has 1 saturated heterocycles. The van der Waals surface area contributed by atoms with Gasteiger partial charge in [0.15, 0.2) is 11.5 Å². The van der Waals surface area contributed by atoms with E-state index in [0.717, 1.165) is 36.3 Å². The van der Waals surface area contributed by atoms with Crippen LogP contribution in [0.15, 0.2) is 66.7 Å². The summed E-state index contributed by atoms with van der Waals surface area (Å²) < 4.78 is 6.01. The Hall–Kier alpha value is -2.98. The molecule has 2 aliphatic rings. The second-order valence-corrected chi connectivity index (χ2v) is 9.00. The van der Waals surface area contributed by atoms with Crippen LogP contribution in [0, 0.1) is 0 Å². The van der Waals surface area contributed by atoms with E-state index >= 15 is 0 Å². The molecule has 0 amide bonds. The van der Waals surface area contributed by atoms with Crippen LogP contribution in [-0.4, -0.2) is 41.4 Å². The van der Waals surface area contributed by atoms with Crippen molar-refractivity contribution in [2.24, 2.45) is 0 Å². The predicted octanol–water partition coefficient (Wildman–Crippen LogP) is 5.43. The highest BCUT2D eigenvalue weighted by atomic mass is 16.5. The van der Waals surface area contributed by atoms with Gasteiger partial charge < -0.3 is 14.9 Å². The van der Waals surface area contributed by atoms with Crippen LogP contribution in [0.5, 0.6) is 17.2 Å². The Morgan fingerprint density at radius 3 is 2.34 bits per heavy atom. The van der Waals surface area contributed by atoms with Crippen molar-refractivity contribution >= 4 is 0 Å². The van der Waals surface area contributed by atoms with E-state index in [-0.39, 0.29) is 17.4 Å². The van der Waals surface area contributed by atoms with E-state index in [1.165, 1.54) is 37.1 Å². The number of rotatable bonds is 6. The Morgan fingerprint density at radius 2 is 1.59 bits per heavy atom. The number of hydrogen-bond donors (Lipinski definition) is 2. The van der Waals surface area contributed by atoms with Gasteiger partial charge in [-0.25, -0.2) is 0 Å². The van der Waals surface area contributed by atoms with Gasteiger partial charge >= 0.3 is 0 Å². The van der Waals surface area contributed by atoms with Crippen LogP contribution in [0.25, 0.3) is 0 Å². The second kappa shape index (κ2) is 9.25. The van der Waals surface area contributed by atoms with Crippen LogP contribution in [0.3, 0.4) is 0 Å². The van der Waals surface area contributed by atoms with E-state index in [1.54, 1.807) is 6.07 Å². The summed E-state index contributed by atoms with van der Waals surface area (Å²) in [5.41, 5.74) is 4.48. The predicted molar refractivity (Wildman–Crippen MR) is 127 cm³/mol. The van der Waals surface area contributed by atoms with Crippen LogP contribution in [0.4, 0.5) is 0 Å². The van der Waals surface area contributed by atoms with Crippen molar-refractivity contribution in [3.8, 4) is 17.2 Å². The van der Waals surface area contributed by atoms with E-state index in [2.05, 4.69) is 53.4 Å². The summed E-state index contributed by atoms with van der Waals surface area (Å²) in [6, 6.07) is 22.7. The number of likely N-dealkylation sites (tertiary alicyclic amines) is 1. The number of phenols is 2. The standard InChI is InChI=1S/C28H31NO3/c30-26-15-14-24-25(28(26)31)13-12-23(20-6-2-1-3-7-20)27(24)21-8-10-22(11-9-21)32-19-18-29-16-4-5-17-29/h1-3,6-11,14-15,23,27,30-31H,4-5,12-13,16-19H2. The first-order valence-electron chi connectivity index (χ1n) is 11.7. The van der Waals surface area contributed by atoms with Gasteiger partial charge in [0.2, 0.25) is 0 Å². The number of aromatic hydroxyl groups is 2. The fourth-order valence-electron chi connectivity index (χ4n) is 5.42. The van der Waals surface area contributed by atoms with Gasteiger partial charge in [-0.3, -0.25) is 4.90 Å². The number of benzene rings is 3. The topological polar surface area (TPSA) is 52.9 Å². The van der Waals surface area contributed by atoms with Crippen molar-refractivity contribution < 1.29 is 14.9 Å². The maximum absolute atomic E-state index is 10.5. The summed E-state index contributed by atoms with van der Waals surface area (Å²) in [7, 11) is 0. The fourth-order valence-corrected chi connectivity index (χ4v) is 5.42. The van der Waals surface area contributed by atoms with Crippen LogP contribution >= 0.6 is 0 Å². The number of fused-ring (bicyclic) bond motifs is 1. The number of nitrogens with zero attached hydrogens (tertiary/aromatic N) is 1. The zero-order valence-electron chi connectivity index (χ0n) is 18.4. The highest BCUT2D eigenvalue weighted by Gasteiger charge is 2.33. The molecule has 1 fully saturated rings. The molecule has 0 aromatic heterocycles. The lowest BCUT2D eigenvalue weighted by atomic mass is 9.69. The largest absolute Gasteiger partial charge is 0.504 e. The summed E-state index contributed by atoms with van der Waals surface area (Å²) in [4.78, 5) is 2.46. The fraction of sp³-hybridized carbons (Fsp3) is 0.357. The highest BCUT2D eigenvalue weighted by molar-refractivity contribution is 5.55. The Labute approximate surface area is 190 Å². The lowest BCUT2D eigenvalue weighted by Gasteiger charge is -2.35. The molecule has 32 heavy (non-hydrogen) atoms. The highest BCUT2D eigenvalue weighted by Crippen LogP contribution is 2.49. The van der Waals surface area contributed by atoms with Gasteiger partial charge in [-0.1, -0.05) is 48.5 Å². The minimum Gasteiger partial charge on any atom is -0.504 e. The van der Waals surface area contributed by atoms with Gasteiger partial charge in [0.25, 0.3) is 0 Å². The van der Waals surface area contributed by atoms with Gasteiger partial charge in [-0.15, -0.1) is 0 Å². The molecule has 166 valence electrons. The zero-order chi connectivity index (χ0) is 21.9. The van der Waals surface area contributed by atoms with Crippen molar-refractivity contribution in [3.05, 3.63) is 89.0 Å². The van der Waals surface area contributed by atoms with Gasteiger partial charge in [0.05, 0.1) is 0 Å². The Balaban J connectivity index is 1.41.